The van der Waals surface area contributed by atoms with Gasteiger partial charge < -0.3 is 5.32 Å². The molecule has 0 aliphatic heterocycles. The number of aromatic nitrogens is 1. The summed E-state index contributed by atoms with van der Waals surface area (Å²) in [4.78, 5) is 16.0. The van der Waals surface area contributed by atoms with Crippen molar-refractivity contribution in [2.24, 2.45) is 0 Å². The smallest absolute Gasteiger partial charge is 0.306 e. The van der Waals surface area contributed by atoms with Crippen LogP contribution in [0.1, 0.15) is 21.5 Å². The molecule has 2 aromatic rings. The van der Waals surface area contributed by atoms with E-state index in [1.165, 1.54) is 18.3 Å². The zero-order chi connectivity index (χ0) is 15.6. The van der Waals surface area contributed by atoms with E-state index in [-0.39, 0.29) is 10.0 Å². The van der Waals surface area contributed by atoms with Crippen LogP contribution in [-0.4, -0.2) is 10.9 Å². The summed E-state index contributed by atoms with van der Waals surface area (Å²) in [5.41, 5.74) is -0.262. The van der Waals surface area contributed by atoms with Gasteiger partial charge in [-0.3, -0.25) is 4.79 Å². The highest BCUT2D eigenvalue weighted by molar-refractivity contribution is 9.10. The third kappa shape index (κ3) is 3.60. The number of alkyl halides is 3. The molecule has 0 aliphatic carbocycles. The molecule has 0 saturated carbocycles. The van der Waals surface area contributed by atoms with Gasteiger partial charge in [-0.05, 0) is 36.8 Å². The van der Waals surface area contributed by atoms with Crippen LogP contribution in [0.4, 0.5) is 19.0 Å². The predicted octanol–water partition coefficient (Wildman–Crippen LogP) is 4.42. The van der Waals surface area contributed by atoms with Crippen molar-refractivity contribution in [1.29, 1.82) is 0 Å². The van der Waals surface area contributed by atoms with Crippen LogP contribution in [0.15, 0.2) is 41.0 Å². The van der Waals surface area contributed by atoms with Gasteiger partial charge in [0.2, 0.25) is 0 Å². The minimum atomic E-state index is -4.53. The number of hydrogen-bond donors (Lipinski definition) is 1. The van der Waals surface area contributed by atoms with E-state index >= 15 is 0 Å². The Bertz CT molecular complexity index is 686. The number of carbonyl (C=O) groups excluding carboxylic acids is 1. The average molecular weight is 359 g/mol. The normalized spacial score (nSPS) is 11.3. The molecule has 1 heterocycles. The van der Waals surface area contributed by atoms with Crippen LogP contribution in [-0.2, 0) is 6.18 Å². The van der Waals surface area contributed by atoms with E-state index in [9.17, 15) is 18.0 Å². The number of carbonyl (C=O) groups is 1. The summed E-state index contributed by atoms with van der Waals surface area (Å²) in [7, 11) is 0. The topological polar surface area (TPSA) is 42.0 Å². The number of pyridine rings is 1. The maximum atomic E-state index is 12.8. The highest BCUT2D eigenvalue weighted by Gasteiger charge is 2.33. The van der Waals surface area contributed by atoms with Gasteiger partial charge in [-0.1, -0.05) is 22.0 Å². The summed E-state index contributed by atoms with van der Waals surface area (Å²) in [6.07, 6.45) is -3.04. The zero-order valence-electron chi connectivity index (χ0n) is 10.8. The van der Waals surface area contributed by atoms with Crippen LogP contribution < -0.4 is 5.32 Å². The molecule has 7 heteroatoms. The molecule has 0 aliphatic rings. The predicted molar refractivity (Wildman–Crippen MR) is 76.1 cm³/mol. The third-order valence-corrected chi connectivity index (χ3v) is 3.47. The van der Waals surface area contributed by atoms with Crippen LogP contribution in [0, 0.1) is 6.92 Å². The molecule has 1 amide bonds. The van der Waals surface area contributed by atoms with Crippen LogP contribution in [0.2, 0.25) is 0 Å². The molecule has 0 spiro atoms. The maximum absolute atomic E-state index is 12.8. The van der Waals surface area contributed by atoms with Crippen molar-refractivity contribution in [3.8, 4) is 0 Å². The SMILES string of the molecule is Cc1cccnc1NC(=O)c1ccc(Br)c(C(F)(F)F)c1. The second kappa shape index (κ2) is 5.85. The van der Waals surface area contributed by atoms with Crippen molar-refractivity contribution in [1.82, 2.24) is 4.98 Å². The molecule has 0 fully saturated rings. The molecule has 1 aromatic heterocycles. The highest BCUT2D eigenvalue weighted by atomic mass is 79.9. The van der Waals surface area contributed by atoms with Crippen molar-refractivity contribution < 1.29 is 18.0 Å². The molecule has 0 saturated heterocycles. The number of nitrogens with zero attached hydrogens (tertiary/aromatic N) is 1. The van der Waals surface area contributed by atoms with Crippen LogP contribution >= 0.6 is 15.9 Å². The van der Waals surface area contributed by atoms with E-state index in [2.05, 4.69) is 26.2 Å². The lowest BCUT2D eigenvalue weighted by Crippen LogP contribution is -2.15. The number of nitrogens with one attached hydrogen (secondary N) is 1. The maximum Gasteiger partial charge on any atom is 0.417 e. The van der Waals surface area contributed by atoms with Gasteiger partial charge in [0.25, 0.3) is 5.91 Å². The summed E-state index contributed by atoms with van der Waals surface area (Å²) >= 11 is 2.83. The first-order chi connectivity index (χ1) is 9.79. The van der Waals surface area contributed by atoms with Crippen LogP contribution in [0.5, 0.6) is 0 Å². The number of anilines is 1. The molecule has 1 N–H and O–H groups in total. The number of rotatable bonds is 2. The van der Waals surface area contributed by atoms with Gasteiger partial charge in [0.1, 0.15) is 5.82 Å². The van der Waals surface area contributed by atoms with E-state index < -0.39 is 17.6 Å². The number of hydrogen-bond acceptors (Lipinski definition) is 2. The Morgan fingerprint density at radius 2 is 2.00 bits per heavy atom. The minimum Gasteiger partial charge on any atom is -0.306 e. The first-order valence-corrected chi connectivity index (χ1v) is 6.68. The Morgan fingerprint density at radius 1 is 1.29 bits per heavy atom. The fourth-order valence-corrected chi connectivity index (χ4v) is 2.15. The highest BCUT2D eigenvalue weighted by Crippen LogP contribution is 2.35. The first-order valence-electron chi connectivity index (χ1n) is 5.89. The van der Waals surface area contributed by atoms with Gasteiger partial charge in [0.15, 0.2) is 0 Å². The summed E-state index contributed by atoms with van der Waals surface area (Å²) in [5, 5.41) is 2.49. The van der Waals surface area contributed by atoms with E-state index in [0.29, 0.717) is 5.82 Å². The molecule has 0 bridgehead atoms. The quantitative estimate of drug-likeness (QED) is 0.862. The molecule has 3 nitrogen and oxygen atoms in total. The molecule has 0 unspecified atom stereocenters. The van der Waals surface area contributed by atoms with Crippen LogP contribution in [0.25, 0.3) is 0 Å². The lowest BCUT2D eigenvalue weighted by molar-refractivity contribution is -0.138. The Labute approximate surface area is 127 Å². The number of halogens is 4. The number of aryl methyl sites for hydroxylation is 1. The number of amides is 1. The van der Waals surface area contributed by atoms with Crippen molar-refractivity contribution in [3.05, 3.63) is 57.7 Å². The van der Waals surface area contributed by atoms with Crippen molar-refractivity contribution >= 4 is 27.7 Å². The van der Waals surface area contributed by atoms with Gasteiger partial charge in [-0.25, -0.2) is 4.98 Å². The largest absolute Gasteiger partial charge is 0.417 e. The lowest BCUT2D eigenvalue weighted by atomic mass is 10.1. The lowest BCUT2D eigenvalue weighted by Gasteiger charge is -2.11. The Hall–Kier alpha value is -1.89. The fraction of sp³-hybridized carbons (Fsp3) is 0.143. The molecule has 21 heavy (non-hydrogen) atoms. The fourth-order valence-electron chi connectivity index (χ4n) is 1.68. The van der Waals surface area contributed by atoms with Crippen LogP contribution in [0.3, 0.4) is 0 Å². The first kappa shape index (κ1) is 15.5. The molecule has 110 valence electrons. The van der Waals surface area contributed by atoms with E-state index in [4.69, 9.17) is 0 Å². The molecule has 2 rings (SSSR count). The Morgan fingerprint density at radius 3 is 2.62 bits per heavy atom. The third-order valence-electron chi connectivity index (χ3n) is 2.78. The minimum absolute atomic E-state index is 0.0874. The van der Waals surface area contributed by atoms with Gasteiger partial charge in [0, 0.05) is 16.2 Å². The summed E-state index contributed by atoms with van der Waals surface area (Å²) < 4.78 is 38.3. The van der Waals surface area contributed by atoms with E-state index in [1.54, 1.807) is 19.1 Å². The van der Waals surface area contributed by atoms with E-state index in [0.717, 1.165) is 11.6 Å². The molecule has 1 aromatic carbocycles. The standard InChI is InChI=1S/C14H10BrF3N2O/c1-8-3-2-6-19-12(8)20-13(21)9-4-5-11(15)10(7-9)14(16,17)18/h2-7H,1H3,(H,19,20,21). The van der Waals surface area contributed by atoms with Gasteiger partial charge in [-0.15, -0.1) is 0 Å². The van der Waals surface area contributed by atoms with Crippen molar-refractivity contribution in [2.75, 3.05) is 5.32 Å². The molecular formula is C14H10BrF3N2O. The second-order valence-electron chi connectivity index (χ2n) is 4.32. The second-order valence-corrected chi connectivity index (χ2v) is 5.17. The van der Waals surface area contributed by atoms with E-state index in [1.807, 2.05) is 0 Å². The van der Waals surface area contributed by atoms with Gasteiger partial charge in [0.05, 0.1) is 5.56 Å². The Balaban J connectivity index is 2.31. The summed E-state index contributed by atoms with van der Waals surface area (Å²) in [6, 6.07) is 6.76. The zero-order valence-corrected chi connectivity index (χ0v) is 12.4. The van der Waals surface area contributed by atoms with Crippen molar-refractivity contribution in [2.45, 2.75) is 13.1 Å². The average Bonchev–Trinajstić information content (AvgIpc) is 2.40. The molecule has 0 atom stereocenters. The molecular weight excluding hydrogens is 349 g/mol. The van der Waals surface area contributed by atoms with Gasteiger partial charge in [-0.2, -0.15) is 13.2 Å². The summed E-state index contributed by atoms with van der Waals surface area (Å²) in [6.45, 7) is 1.74. The number of benzene rings is 1. The Kier molecular flexibility index (Phi) is 4.32. The van der Waals surface area contributed by atoms with Crippen molar-refractivity contribution in [3.63, 3.8) is 0 Å². The monoisotopic (exact) mass is 358 g/mol. The summed E-state index contributed by atoms with van der Waals surface area (Å²) in [5.74, 6) is -0.325. The molecule has 0 radical (unpaired) electrons. The van der Waals surface area contributed by atoms with Gasteiger partial charge >= 0.3 is 6.18 Å².